The molecule has 0 aliphatic heterocycles. The molecule has 2 atom stereocenters. The van der Waals surface area contributed by atoms with Gasteiger partial charge in [0.1, 0.15) is 6.10 Å². The summed E-state index contributed by atoms with van der Waals surface area (Å²) in [4.78, 5) is 0. The van der Waals surface area contributed by atoms with Crippen molar-refractivity contribution in [3.8, 4) is 0 Å². The van der Waals surface area contributed by atoms with Crippen LogP contribution in [0.1, 0.15) is 18.6 Å². The van der Waals surface area contributed by atoms with Crippen molar-refractivity contribution in [2.45, 2.75) is 16.1 Å². The number of benzene rings is 1. The van der Waals surface area contributed by atoms with E-state index < -0.39 is 19.1 Å². The molecule has 2 unspecified atom stereocenters. The molecule has 0 saturated heterocycles. The molecule has 1 N–H and O–H groups in total. The van der Waals surface area contributed by atoms with Gasteiger partial charge in [-0.25, -0.2) is 8.42 Å². The Morgan fingerprint density at radius 2 is 2.12 bits per heavy atom. The monoisotopic (exact) mass is 360 g/mol. The van der Waals surface area contributed by atoms with Gasteiger partial charge in [-0.2, -0.15) is 0 Å². The van der Waals surface area contributed by atoms with Gasteiger partial charge in [0.05, 0.1) is 5.75 Å². The lowest BCUT2D eigenvalue weighted by Crippen LogP contribution is -2.34. The first kappa shape index (κ1) is 15.2. The fraction of sp³-hybridized carbons (Fsp3) is 0.400. The summed E-state index contributed by atoms with van der Waals surface area (Å²) in [5.41, 5.74) is 0.335. The standard InChI is InChI=1S/C10H11BrCl2O3S/c1-2-17(15,16)10(11,13)9(14)7-4-3-5-8(12)6-7/h3-6,9,14H,2H2,1H3. The highest BCUT2D eigenvalue weighted by Crippen LogP contribution is 2.43. The highest BCUT2D eigenvalue weighted by molar-refractivity contribution is 9.12. The molecular weight excluding hydrogens is 351 g/mol. The van der Waals surface area contributed by atoms with Gasteiger partial charge in [-0.15, -0.1) is 0 Å². The van der Waals surface area contributed by atoms with Crippen LogP contribution in [-0.2, 0) is 9.84 Å². The number of halogens is 3. The first-order valence-corrected chi connectivity index (χ1v) is 7.96. The summed E-state index contributed by atoms with van der Waals surface area (Å²) >= 11 is 14.5. The van der Waals surface area contributed by atoms with E-state index in [-0.39, 0.29) is 5.75 Å². The zero-order valence-corrected chi connectivity index (χ0v) is 12.8. The molecule has 0 aliphatic carbocycles. The summed E-state index contributed by atoms with van der Waals surface area (Å²) in [6.07, 6.45) is -1.41. The minimum absolute atomic E-state index is 0.181. The quantitative estimate of drug-likeness (QED) is 0.838. The fourth-order valence-electron chi connectivity index (χ4n) is 1.23. The third-order valence-corrected chi connectivity index (χ3v) is 7.15. The van der Waals surface area contributed by atoms with Crippen LogP contribution in [0.15, 0.2) is 24.3 Å². The van der Waals surface area contributed by atoms with Gasteiger partial charge in [0.15, 0.2) is 9.84 Å². The summed E-state index contributed by atoms with van der Waals surface area (Å²) in [5, 5.41) is 10.4. The SMILES string of the molecule is CCS(=O)(=O)C(Cl)(Br)C(O)c1cccc(Cl)c1. The van der Waals surface area contributed by atoms with Gasteiger partial charge in [-0.05, 0) is 33.6 Å². The normalized spacial score (nSPS) is 17.5. The predicted molar refractivity (Wildman–Crippen MR) is 73.4 cm³/mol. The van der Waals surface area contributed by atoms with Crippen molar-refractivity contribution in [3.63, 3.8) is 0 Å². The molecule has 3 nitrogen and oxygen atoms in total. The van der Waals surface area contributed by atoms with Gasteiger partial charge < -0.3 is 5.11 Å². The van der Waals surface area contributed by atoms with Crippen LogP contribution in [-0.4, -0.2) is 22.4 Å². The topological polar surface area (TPSA) is 54.4 Å². The third kappa shape index (κ3) is 3.15. The molecular formula is C10H11BrCl2O3S. The van der Waals surface area contributed by atoms with Crippen LogP contribution in [0.2, 0.25) is 5.02 Å². The molecule has 1 aromatic rings. The number of rotatable bonds is 4. The smallest absolute Gasteiger partial charge is 0.229 e. The van der Waals surface area contributed by atoms with Crippen LogP contribution in [0.3, 0.4) is 0 Å². The van der Waals surface area contributed by atoms with Crippen molar-refractivity contribution in [1.29, 1.82) is 0 Å². The maximum atomic E-state index is 11.7. The van der Waals surface area contributed by atoms with Gasteiger partial charge in [-0.3, -0.25) is 0 Å². The molecule has 1 rings (SSSR count). The Bertz CT molecular complexity index is 502. The van der Waals surface area contributed by atoms with Gasteiger partial charge in [0, 0.05) is 5.02 Å². The van der Waals surface area contributed by atoms with Crippen molar-refractivity contribution < 1.29 is 13.5 Å². The first-order valence-electron chi connectivity index (χ1n) is 4.76. The van der Waals surface area contributed by atoms with Crippen molar-refractivity contribution >= 4 is 49.0 Å². The lowest BCUT2D eigenvalue weighted by atomic mass is 10.1. The number of aliphatic hydroxyl groups is 1. The highest BCUT2D eigenvalue weighted by atomic mass is 79.9. The van der Waals surface area contributed by atoms with Crippen molar-refractivity contribution in [1.82, 2.24) is 0 Å². The first-order chi connectivity index (χ1) is 7.72. The lowest BCUT2D eigenvalue weighted by Gasteiger charge is -2.25. The second-order valence-electron chi connectivity index (χ2n) is 3.42. The van der Waals surface area contributed by atoms with Crippen LogP contribution < -0.4 is 0 Å². The van der Waals surface area contributed by atoms with E-state index in [2.05, 4.69) is 15.9 Å². The summed E-state index contributed by atoms with van der Waals surface area (Å²) in [6.45, 7) is 1.46. The second-order valence-corrected chi connectivity index (χ2v) is 9.36. The number of alkyl halides is 2. The molecule has 7 heteroatoms. The molecule has 1 aromatic carbocycles. The molecule has 17 heavy (non-hydrogen) atoms. The Labute approximate surface area is 119 Å². The summed E-state index contributed by atoms with van der Waals surface area (Å²) in [5.74, 6) is -0.181. The van der Waals surface area contributed by atoms with E-state index in [0.29, 0.717) is 10.6 Å². The Kier molecular flexibility index (Phi) is 4.88. The molecule has 0 bridgehead atoms. The van der Waals surface area contributed by atoms with Crippen LogP contribution in [0, 0.1) is 0 Å². The van der Waals surface area contributed by atoms with Crippen LogP contribution in [0.25, 0.3) is 0 Å². The van der Waals surface area contributed by atoms with E-state index in [9.17, 15) is 13.5 Å². The molecule has 96 valence electrons. The fourth-order valence-corrected chi connectivity index (χ4v) is 3.70. The van der Waals surface area contributed by atoms with E-state index in [1.165, 1.54) is 13.0 Å². The van der Waals surface area contributed by atoms with E-state index >= 15 is 0 Å². The molecule has 0 heterocycles. The summed E-state index contributed by atoms with van der Waals surface area (Å²) in [6, 6.07) is 6.26. The van der Waals surface area contributed by atoms with Crippen LogP contribution in [0.4, 0.5) is 0 Å². The van der Waals surface area contributed by atoms with Crippen LogP contribution >= 0.6 is 39.1 Å². The second kappa shape index (κ2) is 5.45. The zero-order valence-electron chi connectivity index (χ0n) is 8.90. The minimum Gasteiger partial charge on any atom is -0.385 e. The third-order valence-electron chi connectivity index (χ3n) is 2.28. The van der Waals surface area contributed by atoms with Gasteiger partial charge >= 0.3 is 0 Å². The molecule has 0 aliphatic rings. The molecule has 0 aromatic heterocycles. The van der Waals surface area contributed by atoms with E-state index in [4.69, 9.17) is 23.2 Å². The van der Waals surface area contributed by atoms with E-state index in [0.717, 1.165) is 0 Å². The van der Waals surface area contributed by atoms with Gasteiger partial charge in [0.25, 0.3) is 0 Å². The molecule has 0 spiro atoms. The predicted octanol–water partition coefficient (Wildman–Crippen LogP) is 3.10. The average molecular weight is 362 g/mol. The van der Waals surface area contributed by atoms with Crippen LogP contribution in [0.5, 0.6) is 0 Å². The zero-order chi connectivity index (χ0) is 13.3. The number of hydrogen-bond donors (Lipinski definition) is 1. The Morgan fingerprint density at radius 3 is 2.59 bits per heavy atom. The maximum Gasteiger partial charge on any atom is 0.229 e. The summed E-state index contributed by atoms with van der Waals surface area (Å²) in [7, 11) is -3.67. The van der Waals surface area contributed by atoms with Crippen molar-refractivity contribution in [2.24, 2.45) is 0 Å². The largest absolute Gasteiger partial charge is 0.385 e. The van der Waals surface area contributed by atoms with Crippen molar-refractivity contribution in [3.05, 3.63) is 34.9 Å². The van der Waals surface area contributed by atoms with E-state index in [1.54, 1.807) is 18.2 Å². The number of aliphatic hydroxyl groups excluding tert-OH is 1. The molecule has 0 saturated carbocycles. The Hall–Kier alpha value is 0.190. The van der Waals surface area contributed by atoms with Crippen molar-refractivity contribution in [2.75, 3.05) is 5.75 Å². The van der Waals surface area contributed by atoms with E-state index in [1.807, 2.05) is 0 Å². The molecule has 0 fully saturated rings. The van der Waals surface area contributed by atoms with Gasteiger partial charge in [-0.1, -0.05) is 42.3 Å². The number of hydrogen-bond acceptors (Lipinski definition) is 3. The summed E-state index contributed by atoms with van der Waals surface area (Å²) < 4.78 is 21.6. The molecule has 0 amide bonds. The average Bonchev–Trinajstić information content (AvgIpc) is 2.27. The number of sulfone groups is 1. The molecule has 0 radical (unpaired) electrons. The Morgan fingerprint density at radius 1 is 1.53 bits per heavy atom. The maximum absolute atomic E-state index is 11.7. The highest BCUT2D eigenvalue weighted by Gasteiger charge is 2.45. The minimum atomic E-state index is -3.67. The Balaban J connectivity index is 3.17. The lowest BCUT2D eigenvalue weighted by molar-refractivity contribution is 0.185. The van der Waals surface area contributed by atoms with Gasteiger partial charge in [0.2, 0.25) is 3.12 Å².